The van der Waals surface area contributed by atoms with Crippen molar-refractivity contribution in [3.05, 3.63) is 55.0 Å². The highest BCUT2D eigenvalue weighted by Gasteiger charge is 2.38. The average Bonchev–Trinajstić information content (AvgIpc) is 3.29. The van der Waals surface area contributed by atoms with Gasteiger partial charge in [-0.15, -0.1) is 0 Å². The SMILES string of the molecule is CCCCCCCCOc1cnc(-c2ccc(-c3ccc(OC(=O)[C@H]4COC(C)(C)O4)cc3)nc2)cn1. The van der Waals surface area contributed by atoms with E-state index in [0.717, 1.165) is 28.9 Å². The maximum absolute atomic E-state index is 12.3. The molecule has 0 unspecified atom stereocenters. The van der Waals surface area contributed by atoms with Crippen LogP contribution in [-0.4, -0.2) is 46.0 Å². The Morgan fingerprint density at radius 1 is 0.892 bits per heavy atom. The quantitative estimate of drug-likeness (QED) is 0.168. The molecule has 1 saturated heterocycles. The molecule has 1 aliphatic heterocycles. The highest BCUT2D eigenvalue weighted by atomic mass is 16.8. The third-order valence-electron chi connectivity index (χ3n) is 6.08. The zero-order chi connectivity index (χ0) is 26.1. The molecule has 0 bridgehead atoms. The van der Waals surface area contributed by atoms with Gasteiger partial charge in [0.25, 0.3) is 0 Å². The summed E-state index contributed by atoms with van der Waals surface area (Å²) in [6, 6.07) is 11.1. The highest BCUT2D eigenvalue weighted by Crippen LogP contribution is 2.26. The fraction of sp³-hybridized carbons (Fsp3) is 0.448. The molecule has 1 fully saturated rings. The van der Waals surface area contributed by atoms with E-state index in [0.29, 0.717) is 18.2 Å². The van der Waals surface area contributed by atoms with Crippen molar-refractivity contribution in [2.24, 2.45) is 0 Å². The van der Waals surface area contributed by atoms with Crippen LogP contribution in [0.5, 0.6) is 11.6 Å². The van der Waals surface area contributed by atoms with Crippen molar-refractivity contribution in [3.63, 3.8) is 0 Å². The van der Waals surface area contributed by atoms with E-state index in [-0.39, 0.29) is 6.61 Å². The monoisotopic (exact) mass is 505 g/mol. The van der Waals surface area contributed by atoms with E-state index in [1.165, 1.54) is 32.1 Å². The summed E-state index contributed by atoms with van der Waals surface area (Å²) in [6.45, 7) is 6.60. The Hall–Kier alpha value is -3.36. The number of benzene rings is 1. The van der Waals surface area contributed by atoms with Crippen LogP contribution in [0.3, 0.4) is 0 Å². The molecule has 3 aromatic rings. The van der Waals surface area contributed by atoms with E-state index in [1.807, 2.05) is 24.3 Å². The standard InChI is InChI=1S/C29H35N3O5/c1-4-5-6-7-8-9-16-34-27-19-31-25(18-32-27)22-12-15-24(30-17-22)21-10-13-23(14-11-21)36-28(33)26-20-35-29(2,3)37-26/h10-15,17-19,26H,4-9,16,20H2,1-3H3/t26-/m1/s1. The van der Waals surface area contributed by atoms with Gasteiger partial charge in [0.2, 0.25) is 5.88 Å². The lowest BCUT2D eigenvalue weighted by molar-refractivity contribution is -0.162. The van der Waals surface area contributed by atoms with E-state index >= 15 is 0 Å². The van der Waals surface area contributed by atoms with Crippen LogP contribution < -0.4 is 9.47 Å². The molecule has 2 aromatic heterocycles. The number of ether oxygens (including phenoxy) is 4. The van der Waals surface area contributed by atoms with E-state index < -0.39 is 17.9 Å². The van der Waals surface area contributed by atoms with Gasteiger partial charge in [0, 0.05) is 17.3 Å². The lowest BCUT2D eigenvalue weighted by atomic mass is 10.1. The smallest absolute Gasteiger partial charge is 0.343 e. The van der Waals surface area contributed by atoms with Gasteiger partial charge in [0.05, 0.1) is 37.0 Å². The number of esters is 1. The minimum absolute atomic E-state index is 0.180. The van der Waals surface area contributed by atoms with Crippen LogP contribution in [0.25, 0.3) is 22.5 Å². The first-order valence-electron chi connectivity index (χ1n) is 13.0. The summed E-state index contributed by atoms with van der Waals surface area (Å²) in [4.78, 5) is 25.7. The van der Waals surface area contributed by atoms with Crippen LogP contribution in [0.2, 0.25) is 0 Å². The molecule has 0 aliphatic carbocycles. The van der Waals surface area contributed by atoms with E-state index in [1.54, 1.807) is 44.6 Å². The normalized spacial score (nSPS) is 16.5. The summed E-state index contributed by atoms with van der Waals surface area (Å²) in [7, 11) is 0. The Kier molecular flexibility index (Phi) is 9.19. The second-order valence-electron chi connectivity index (χ2n) is 9.55. The van der Waals surface area contributed by atoms with Gasteiger partial charge in [0.1, 0.15) is 5.75 Å². The molecule has 0 spiro atoms. The molecular formula is C29H35N3O5. The Morgan fingerprint density at radius 3 is 2.27 bits per heavy atom. The number of carbonyl (C=O) groups is 1. The number of hydrogen-bond donors (Lipinski definition) is 0. The molecule has 3 heterocycles. The number of rotatable bonds is 12. The predicted octanol–water partition coefficient (Wildman–Crippen LogP) is 6.00. The van der Waals surface area contributed by atoms with Crippen LogP contribution in [0.15, 0.2) is 55.0 Å². The molecule has 1 aromatic carbocycles. The molecule has 4 rings (SSSR count). The van der Waals surface area contributed by atoms with Crippen LogP contribution in [-0.2, 0) is 14.3 Å². The van der Waals surface area contributed by atoms with Crippen molar-refractivity contribution in [1.29, 1.82) is 0 Å². The lowest BCUT2D eigenvalue weighted by Crippen LogP contribution is -2.30. The first-order valence-corrected chi connectivity index (χ1v) is 13.0. The topological polar surface area (TPSA) is 92.7 Å². The number of hydrogen-bond acceptors (Lipinski definition) is 8. The lowest BCUT2D eigenvalue weighted by Gasteiger charge is -2.16. The third kappa shape index (κ3) is 7.81. The highest BCUT2D eigenvalue weighted by molar-refractivity contribution is 5.78. The molecule has 1 atom stereocenters. The first-order chi connectivity index (χ1) is 17.9. The average molecular weight is 506 g/mol. The molecule has 8 heteroatoms. The Morgan fingerprint density at radius 2 is 1.62 bits per heavy atom. The first kappa shape index (κ1) is 26.7. The molecule has 1 aliphatic rings. The van der Waals surface area contributed by atoms with E-state index in [2.05, 4.69) is 21.9 Å². The Balaban J connectivity index is 1.27. The minimum atomic E-state index is -0.778. The Bertz CT molecular complexity index is 1130. The molecule has 0 amide bonds. The summed E-state index contributed by atoms with van der Waals surface area (Å²) in [6.07, 6.45) is 11.7. The van der Waals surface area contributed by atoms with Crippen molar-refractivity contribution in [2.75, 3.05) is 13.2 Å². The van der Waals surface area contributed by atoms with Gasteiger partial charge in [0.15, 0.2) is 11.9 Å². The number of pyridine rings is 1. The van der Waals surface area contributed by atoms with E-state index in [9.17, 15) is 4.79 Å². The van der Waals surface area contributed by atoms with Gasteiger partial charge in [-0.3, -0.25) is 4.98 Å². The Labute approximate surface area is 218 Å². The van der Waals surface area contributed by atoms with Gasteiger partial charge in [-0.25, -0.2) is 14.8 Å². The number of unbranched alkanes of at least 4 members (excludes halogenated alkanes) is 5. The maximum atomic E-state index is 12.3. The largest absolute Gasteiger partial charge is 0.477 e. The van der Waals surface area contributed by atoms with Crippen LogP contribution >= 0.6 is 0 Å². The van der Waals surface area contributed by atoms with Crippen LogP contribution in [0, 0.1) is 0 Å². The van der Waals surface area contributed by atoms with Crippen molar-refractivity contribution in [2.45, 2.75) is 71.2 Å². The second-order valence-corrected chi connectivity index (χ2v) is 9.55. The number of nitrogens with zero attached hydrogens (tertiary/aromatic N) is 3. The van der Waals surface area contributed by atoms with Gasteiger partial charge < -0.3 is 18.9 Å². The minimum Gasteiger partial charge on any atom is -0.477 e. The van der Waals surface area contributed by atoms with Crippen molar-refractivity contribution < 1.29 is 23.7 Å². The van der Waals surface area contributed by atoms with Crippen molar-refractivity contribution in [1.82, 2.24) is 15.0 Å². The van der Waals surface area contributed by atoms with Crippen LogP contribution in [0.4, 0.5) is 0 Å². The van der Waals surface area contributed by atoms with Crippen molar-refractivity contribution >= 4 is 5.97 Å². The van der Waals surface area contributed by atoms with Crippen molar-refractivity contribution in [3.8, 4) is 34.1 Å². The molecule has 0 N–H and O–H groups in total. The molecule has 37 heavy (non-hydrogen) atoms. The second kappa shape index (κ2) is 12.7. The summed E-state index contributed by atoms with van der Waals surface area (Å²) in [5.74, 6) is -0.271. The summed E-state index contributed by atoms with van der Waals surface area (Å²) in [5.41, 5.74) is 3.29. The van der Waals surface area contributed by atoms with Gasteiger partial charge in [-0.2, -0.15) is 0 Å². The number of aromatic nitrogens is 3. The van der Waals surface area contributed by atoms with Gasteiger partial charge in [-0.1, -0.05) is 39.0 Å². The van der Waals surface area contributed by atoms with Gasteiger partial charge in [-0.05, 0) is 56.7 Å². The molecular weight excluding hydrogens is 470 g/mol. The molecule has 196 valence electrons. The zero-order valence-electron chi connectivity index (χ0n) is 21.8. The maximum Gasteiger partial charge on any atom is 0.343 e. The molecule has 0 radical (unpaired) electrons. The van der Waals surface area contributed by atoms with Crippen LogP contribution in [0.1, 0.15) is 59.3 Å². The summed E-state index contributed by atoms with van der Waals surface area (Å²) in [5, 5.41) is 0. The fourth-order valence-electron chi connectivity index (χ4n) is 3.99. The summed E-state index contributed by atoms with van der Waals surface area (Å²) >= 11 is 0. The zero-order valence-corrected chi connectivity index (χ0v) is 21.8. The number of carbonyl (C=O) groups excluding carboxylic acids is 1. The van der Waals surface area contributed by atoms with E-state index in [4.69, 9.17) is 18.9 Å². The fourth-order valence-corrected chi connectivity index (χ4v) is 3.99. The summed E-state index contributed by atoms with van der Waals surface area (Å²) < 4.78 is 22.1. The molecule has 8 nitrogen and oxygen atoms in total. The van der Waals surface area contributed by atoms with Gasteiger partial charge >= 0.3 is 5.97 Å². The molecule has 0 saturated carbocycles. The predicted molar refractivity (Wildman–Crippen MR) is 140 cm³/mol. The third-order valence-corrected chi connectivity index (χ3v) is 6.08.